The van der Waals surface area contributed by atoms with Crippen molar-refractivity contribution in [1.82, 2.24) is 9.97 Å². The lowest BCUT2D eigenvalue weighted by atomic mass is 9.90. The average Bonchev–Trinajstić information content (AvgIpc) is 2.27. The molecular formula is C15H25N3. The van der Waals surface area contributed by atoms with E-state index < -0.39 is 0 Å². The van der Waals surface area contributed by atoms with Crippen LogP contribution in [0.15, 0.2) is 6.20 Å². The maximum Gasteiger partial charge on any atom is 0.131 e. The van der Waals surface area contributed by atoms with Gasteiger partial charge in [-0.15, -0.1) is 0 Å². The van der Waals surface area contributed by atoms with Crippen LogP contribution >= 0.6 is 0 Å². The van der Waals surface area contributed by atoms with Gasteiger partial charge in [-0.05, 0) is 26.7 Å². The van der Waals surface area contributed by atoms with Crippen molar-refractivity contribution in [2.24, 2.45) is 5.73 Å². The van der Waals surface area contributed by atoms with E-state index in [9.17, 15) is 0 Å². The highest BCUT2D eigenvalue weighted by atomic mass is 14.9. The summed E-state index contributed by atoms with van der Waals surface area (Å²) >= 11 is 0. The topological polar surface area (TPSA) is 51.8 Å². The second-order valence-corrected chi connectivity index (χ2v) is 5.60. The molecule has 0 spiro atoms. The van der Waals surface area contributed by atoms with Crippen molar-refractivity contribution < 1.29 is 0 Å². The van der Waals surface area contributed by atoms with Gasteiger partial charge in [0.2, 0.25) is 0 Å². The van der Waals surface area contributed by atoms with Crippen molar-refractivity contribution in [3.05, 3.63) is 23.3 Å². The van der Waals surface area contributed by atoms with E-state index in [2.05, 4.69) is 4.98 Å². The molecule has 0 saturated heterocycles. The summed E-state index contributed by atoms with van der Waals surface area (Å²) in [6, 6.07) is 0.0244. The lowest BCUT2D eigenvalue weighted by Crippen LogP contribution is -2.13. The SMILES string of the molecule is Cc1nc(C2CCCCCCC2)ncc1[C@H](C)N. The highest BCUT2D eigenvalue weighted by Gasteiger charge is 2.17. The molecule has 0 aromatic carbocycles. The van der Waals surface area contributed by atoms with E-state index in [4.69, 9.17) is 10.7 Å². The molecule has 1 heterocycles. The van der Waals surface area contributed by atoms with Crippen molar-refractivity contribution >= 4 is 0 Å². The maximum atomic E-state index is 5.91. The Labute approximate surface area is 110 Å². The van der Waals surface area contributed by atoms with Crippen LogP contribution in [0.4, 0.5) is 0 Å². The van der Waals surface area contributed by atoms with Crippen LogP contribution in [0.3, 0.4) is 0 Å². The quantitative estimate of drug-likeness (QED) is 0.868. The summed E-state index contributed by atoms with van der Waals surface area (Å²) in [5, 5.41) is 0. The zero-order valence-corrected chi connectivity index (χ0v) is 11.7. The number of hydrogen-bond acceptors (Lipinski definition) is 3. The highest BCUT2D eigenvalue weighted by molar-refractivity contribution is 5.20. The van der Waals surface area contributed by atoms with Crippen LogP contribution in [0, 0.1) is 6.92 Å². The molecule has 0 radical (unpaired) electrons. The van der Waals surface area contributed by atoms with Crippen molar-refractivity contribution in [3.8, 4) is 0 Å². The summed E-state index contributed by atoms with van der Waals surface area (Å²) in [4.78, 5) is 9.26. The van der Waals surface area contributed by atoms with Gasteiger partial charge < -0.3 is 5.73 Å². The molecule has 0 bridgehead atoms. The first-order valence-electron chi connectivity index (χ1n) is 7.27. The Kier molecular flexibility index (Phi) is 4.70. The van der Waals surface area contributed by atoms with Gasteiger partial charge in [-0.2, -0.15) is 0 Å². The lowest BCUT2D eigenvalue weighted by molar-refractivity contribution is 0.441. The molecule has 1 aromatic rings. The first kappa shape index (κ1) is 13.5. The van der Waals surface area contributed by atoms with Gasteiger partial charge in [-0.3, -0.25) is 0 Å². The summed E-state index contributed by atoms with van der Waals surface area (Å²) in [6.45, 7) is 4.04. The zero-order chi connectivity index (χ0) is 13.0. The van der Waals surface area contributed by atoms with Gasteiger partial charge in [0.1, 0.15) is 5.82 Å². The van der Waals surface area contributed by atoms with E-state index in [-0.39, 0.29) is 6.04 Å². The standard InChI is InChI=1S/C15H25N3/c1-11(16)14-10-17-15(18-12(14)2)13-8-6-4-3-5-7-9-13/h10-11,13H,3-9,16H2,1-2H3/t11-/m0/s1. The maximum absolute atomic E-state index is 5.91. The van der Waals surface area contributed by atoms with Crippen LogP contribution in [-0.4, -0.2) is 9.97 Å². The smallest absolute Gasteiger partial charge is 0.131 e. The fourth-order valence-corrected chi connectivity index (χ4v) is 2.85. The fourth-order valence-electron chi connectivity index (χ4n) is 2.85. The molecule has 1 aromatic heterocycles. The minimum absolute atomic E-state index is 0.0244. The molecule has 1 aliphatic rings. The predicted octanol–water partition coefficient (Wildman–Crippen LogP) is 3.63. The molecule has 18 heavy (non-hydrogen) atoms. The third-order valence-electron chi connectivity index (χ3n) is 4.00. The Hall–Kier alpha value is -0.960. The summed E-state index contributed by atoms with van der Waals surface area (Å²) in [6.07, 6.45) is 11.2. The molecule has 3 nitrogen and oxygen atoms in total. The van der Waals surface area contributed by atoms with Gasteiger partial charge in [-0.1, -0.05) is 32.1 Å². The minimum Gasteiger partial charge on any atom is -0.324 e. The largest absolute Gasteiger partial charge is 0.324 e. The number of aromatic nitrogens is 2. The van der Waals surface area contributed by atoms with Crippen molar-refractivity contribution in [3.63, 3.8) is 0 Å². The Balaban J connectivity index is 2.14. The second kappa shape index (κ2) is 6.28. The monoisotopic (exact) mass is 247 g/mol. The molecule has 0 amide bonds. The van der Waals surface area contributed by atoms with E-state index in [1.54, 1.807) is 0 Å². The molecule has 1 saturated carbocycles. The van der Waals surface area contributed by atoms with Crippen LogP contribution in [0.25, 0.3) is 0 Å². The van der Waals surface area contributed by atoms with Gasteiger partial charge in [0, 0.05) is 29.4 Å². The van der Waals surface area contributed by atoms with E-state index >= 15 is 0 Å². The molecule has 2 N–H and O–H groups in total. The predicted molar refractivity (Wildman–Crippen MR) is 74.4 cm³/mol. The van der Waals surface area contributed by atoms with E-state index in [0.717, 1.165) is 17.1 Å². The zero-order valence-electron chi connectivity index (χ0n) is 11.7. The summed E-state index contributed by atoms with van der Waals surface area (Å²) in [7, 11) is 0. The van der Waals surface area contributed by atoms with Crippen molar-refractivity contribution in [2.75, 3.05) is 0 Å². The van der Waals surface area contributed by atoms with Crippen LogP contribution in [0.2, 0.25) is 0 Å². The van der Waals surface area contributed by atoms with Crippen LogP contribution in [0.1, 0.15) is 80.9 Å². The van der Waals surface area contributed by atoms with E-state index in [0.29, 0.717) is 5.92 Å². The Morgan fingerprint density at radius 3 is 2.33 bits per heavy atom. The summed E-state index contributed by atoms with van der Waals surface area (Å²) in [5.74, 6) is 1.60. The molecule has 1 fully saturated rings. The Bertz CT molecular complexity index is 379. The third-order valence-corrected chi connectivity index (χ3v) is 4.00. The van der Waals surface area contributed by atoms with Crippen LogP contribution in [0.5, 0.6) is 0 Å². The molecular weight excluding hydrogens is 222 g/mol. The molecule has 2 rings (SSSR count). The molecule has 0 aliphatic heterocycles. The number of aryl methyl sites for hydroxylation is 1. The average molecular weight is 247 g/mol. The normalized spacial score (nSPS) is 20.2. The van der Waals surface area contributed by atoms with E-state index in [1.807, 2.05) is 20.0 Å². The van der Waals surface area contributed by atoms with Gasteiger partial charge in [0.15, 0.2) is 0 Å². The summed E-state index contributed by atoms with van der Waals surface area (Å²) in [5.41, 5.74) is 8.04. The Morgan fingerprint density at radius 2 is 1.78 bits per heavy atom. The minimum atomic E-state index is 0.0244. The molecule has 3 heteroatoms. The van der Waals surface area contributed by atoms with E-state index in [1.165, 1.54) is 44.9 Å². The molecule has 1 aliphatic carbocycles. The Morgan fingerprint density at radius 1 is 1.17 bits per heavy atom. The van der Waals surface area contributed by atoms with Crippen molar-refractivity contribution in [1.29, 1.82) is 0 Å². The third kappa shape index (κ3) is 3.29. The van der Waals surface area contributed by atoms with Crippen LogP contribution in [-0.2, 0) is 0 Å². The first-order chi connectivity index (χ1) is 8.68. The first-order valence-corrected chi connectivity index (χ1v) is 7.27. The number of nitrogens with zero attached hydrogens (tertiary/aromatic N) is 2. The summed E-state index contributed by atoms with van der Waals surface area (Å²) < 4.78 is 0. The van der Waals surface area contributed by atoms with Gasteiger partial charge in [0.05, 0.1) is 0 Å². The van der Waals surface area contributed by atoms with Gasteiger partial charge in [-0.25, -0.2) is 9.97 Å². The second-order valence-electron chi connectivity index (χ2n) is 5.60. The van der Waals surface area contributed by atoms with Gasteiger partial charge in [0.25, 0.3) is 0 Å². The number of hydrogen-bond donors (Lipinski definition) is 1. The fraction of sp³-hybridized carbons (Fsp3) is 0.733. The van der Waals surface area contributed by atoms with Gasteiger partial charge >= 0.3 is 0 Å². The lowest BCUT2D eigenvalue weighted by Gasteiger charge is -2.19. The molecule has 1 atom stereocenters. The highest BCUT2D eigenvalue weighted by Crippen LogP contribution is 2.29. The number of nitrogens with two attached hydrogens (primary N) is 1. The van der Waals surface area contributed by atoms with Crippen molar-refractivity contribution in [2.45, 2.75) is 70.8 Å². The molecule has 100 valence electrons. The number of rotatable bonds is 2. The molecule has 0 unspecified atom stereocenters. The van der Waals surface area contributed by atoms with Crippen LogP contribution < -0.4 is 5.73 Å².